The minimum absolute atomic E-state index is 0.0323. The molecule has 7 heteroatoms. The molecule has 1 amide bonds. The van der Waals surface area contributed by atoms with Crippen molar-refractivity contribution in [1.29, 1.82) is 0 Å². The van der Waals surface area contributed by atoms with Crippen molar-refractivity contribution in [2.24, 2.45) is 4.99 Å². The van der Waals surface area contributed by atoms with E-state index in [1.165, 1.54) is 6.07 Å². The number of carbonyl (C=O) groups excluding carboxylic acids is 1. The van der Waals surface area contributed by atoms with Crippen molar-refractivity contribution >= 4 is 28.5 Å². The van der Waals surface area contributed by atoms with E-state index >= 15 is 0 Å². The minimum atomic E-state index is -0.229. The normalized spacial score (nSPS) is 11.5. The SMILES string of the molecule is CCCC(=O)Nc1ccc(CN=C(NCC)NCCc2c[nH]c3ccc(F)cc23)cc1. The number of H-pyrrole nitrogens is 1. The lowest BCUT2D eigenvalue weighted by atomic mass is 10.1. The fraction of sp³-hybridized carbons (Fsp3) is 0.333. The van der Waals surface area contributed by atoms with Crippen LogP contribution in [0.3, 0.4) is 0 Å². The maximum atomic E-state index is 13.5. The highest BCUT2D eigenvalue weighted by Crippen LogP contribution is 2.19. The molecule has 31 heavy (non-hydrogen) atoms. The van der Waals surface area contributed by atoms with Gasteiger partial charge in [0, 0.05) is 42.3 Å². The standard InChI is InChI=1S/C24H30FN5O/c1-3-5-23(31)30-20-9-6-17(7-10-20)15-29-24(26-4-2)27-13-12-18-16-28-22-11-8-19(25)14-21(18)22/h6-11,14,16,28H,3-5,12-13,15H2,1-2H3,(H,30,31)(H2,26,27,29). The van der Waals surface area contributed by atoms with E-state index in [1.807, 2.05) is 44.3 Å². The van der Waals surface area contributed by atoms with Crippen LogP contribution in [-0.2, 0) is 17.8 Å². The summed E-state index contributed by atoms with van der Waals surface area (Å²) in [4.78, 5) is 19.5. The molecule has 0 bridgehead atoms. The van der Waals surface area contributed by atoms with Crippen LogP contribution in [0.5, 0.6) is 0 Å². The number of amides is 1. The van der Waals surface area contributed by atoms with E-state index in [0.717, 1.165) is 53.1 Å². The van der Waals surface area contributed by atoms with Gasteiger partial charge in [-0.05, 0) is 61.2 Å². The number of carbonyl (C=O) groups is 1. The van der Waals surface area contributed by atoms with Crippen molar-refractivity contribution in [2.75, 3.05) is 18.4 Å². The van der Waals surface area contributed by atoms with E-state index in [2.05, 4.69) is 25.9 Å². The highest BCUT2D eigenvalue weighted by molar-refractivity contribution is 5.90. The maximum absolute atomic E-state index is 13.5. The van der Waals surface area contributed by atoms with Gasteiger partial charge < -0.3 is 20.9 Å². The Morgan fingerprint density at radius 3 is 2.65 bits per heavy atom. The van der Waals surface area contributed by atoms with Gasteiger partial charge in [0.25, 0.3) is 0 Å². The molecule has 1 heterocycles. The second-order valence-electron chi connectivity index (χ2n) is 7.37. The first-order valence-corrected chi connectivity index (χ1v) is 10.8. The third-order valence-corrected chi connectivity index (χ3v) is 4.89. The number of nitrogens with one attached hydrogen (secondary N) is 4. The third kappa shape index (κ3) is 6.57. The van der Waals surface area contributed by atoms with Gasteiger partial charge in [0.2, 0.25) is 5.91 Å². The van der Waals surface area contributed by atoms with Crippen molar-refractivity contribution in [1.82, 2.24) is 15.6 Å². The number of halogens is 1. The highest BCUT2D eigenvalue weighted by Gasteiger charge is 2.06. The van der Waals surface area contributed by atoms with E-state index in [-0.39, 0.29) is 11.7 Å². The zero-order valence-electron chi connectivity index (χ0n) is 18.1. The molecule has 3 aromatic rings. The van der Waals surface area contributed by atoms with Crippen molar-refractivity contribution in [3.63, 3.8) is 0 Å². The third-order valence-electron chi connectivity index (χ3n) is 4.89. The van der Waals surface area contributed by atoms with E-state index in [4.69, 9.17) is 0 Å². The first kappa shape index (κ1) is 22.3. The zero-order chi connectivity index (χ0) is 22.1. The number of aromatic amines is 1. The summed E-state index contributed by atoms with van der Waals surface area (Å²) < 4.78 is 13.5. The van der Waals surface area contributed by atoms with Crippen LogP contribution in [0.25, 0.3) is 10.9 Å². The molecule has 0 spiro atoms. The van der Waals surface area contributed by atoms with Crippen LogP contribution >= 0.6 is 0 Å². The van der Waals surface area contributed by atoms with Crippen LogP contribution < -0.4 is 16.0 Å². The molecule has 4 N–H and O–H groups in total. The van der Waals surface area contributed by atoms with Gasteiger partial charge in [0.15, 0.2) is 5.96 Å². The van der Waals surface area contributed by atoms with Gasteiger partial charge in [-0.15, -0.1) is 0 Å². The second kappa shape index (κ2) is 11.2. The van der Waals surface area contributed by atoms with Crippen molar-refractivity contribution in [3.8, 4) is 0 Å². The van der Waals surface area contributed by atoms with Gasteiger partial charge in [-0.25, -0.2) is 9.38 Å². The predicted octanol–water partition coefficient (Wildman–Crippen LogP) is 4.34. The van der Waals surface area contributed by atoms with Crippen LogP contribution in [0.1, 0.15) is 37.8 Å². The fourth-order valence-corrected chi connectivity index (χ4v) is 3.33. The van der Waals surface area contributed by atoms with Gasteiger partial charge in [0.05, 0.1) is 6.54 Å². The Kier molecular flexibility index (Phi) is 8.04. The van der Waals surface area contributed by atoms with Gasteiger partial charge in [-0.2, -0.15) is 0 Å². The molecule has 1 aromatic heterocycles. The van der Waals surface area contributed by atoms with Crippen molar-refractivity contribution in [3.05, 3.63) is 65.6 Å². The maximum Gasteiger partial charge on any atom is 0.224 e. The molecule has 0 aliphatic rings. The molecule has 0 radical (unpaired) electrons. The van der Waals surface area contributed by atoms with E-state index in [1.54, 1.807) is 12.1 Å². The molecule has 0 unspecified atom stereocenters. The van der Waals surface area contributed by atoms with Crippen LogP contribution in [0.2, 0.25) is 0 Å². The molecule has 0 aliphatic carbocycles. The predicted molar refractivity (Wildman–Crippen MR) is 125 cm³/mol. The molecule has 0 saturated carbocycles. The Morgan fingerprint density at radius 2 is 1.90 bits per heavy atom. The summed E-state index contributed by atoms with van der Waals surface area (Å²) in [5, 5.41) is 10.4. The summed E-state index contributed by atoms with van der Waals surface area (Å²) in [6.45, 7) is 5.96. The summed E-state index contributed by atoms with van der Waals surface area (Å²) >= 11 is 0. The van der Waals surface area contributed by atoms with Gasteiger partial charge >= 0.3 is 0 Å². The molecule has 0 saturated heterocycles. The first-order chi connectivity index (χ1) is 15.1. The molecule has 0 fully saturated rings. The number of anilines is 1. The summed E-state index contributed by atoms with van der Waals surface area (Å²) in [6, 6.07) is 12.5. The summed E-state index contributed by atoms with van der Waals surface area (Å²) in [6.07, 6.45) is 4.03. The lowest BCUT2D eigenvalue weighted by Gasteiger charge is -2.11. The highest BCUT2D eigenvalue weighted by atomic mass is 19.1. The molecule has 0 atom stereocenters. The number of aromatic nitrogens is 1. The second-order valence-corrected chi connectivity index (χ2v) is 7.37. The van der Waals surface area contributed by atoms with Gasteiger partial charge in [-0.1, -0.05) is 19.1 Å². The van der Waals surface area contributed by atoms with Crippen LogP contribution in [0.15, 0.2) is 53.7 Å². The van der Waals surface area contributed by atoms with Gasteiger partial charge in [0.1, 0.15) is 5.82 Å². The van der Waals surface area contributed by atoms with Crippen molar-refractivity contribution in [2.45, 2.75) is 39.7 Å². The number of nitrogens with zero attached hydrogens (tertiary/aromatic N) is 1. The Hall–Kier alpha value is -3.35. The zero-order valence-corrected chi connectivity index (χ0v) is 18.1. The van der Waals surface area contributed by atoms with E-state index in [9.17, 15) is 9.18 Å². The molecule has 6 nitrogen and oxygen atoms in total. The number of hydrogen-bond donors (Lipinski definition) is 4. The van der Waals surface area contributed by atoms with Gasteiger partial charge in [-0.3, -0.25) is 4.79 Å². The van der Waals surface area contributed by atoms with Crippen LogP contribution in [0, 0.1) is 5.82 Å². The number of aliphatic imine (C=N–C) groups is 1. The van der Waals surface area contributed by atoms with Crippen molar-refractivity contribution < 1.29 is 9.18 Å². The molecule has 3 rings (SSSR count). The van der Waals surface area contributed by atoms with Crippen LogP contribution in [-0.4, -0.2) is 29.9 Å². The lowest BCUT2D eigenvalue weighted by molar-refractivity contribution is -0.116. The van der Waals surface area contributed by atoms with E-state index < -0.39 is 0 Å². The Bertz CT molecular complexity index is 1030. The first-order valence-electron chi connectivity index (χ1n) is 10.8. The number of hydrogen-bond acceptors (Lipinski definition) is 2. The largest absolute Gasteiger partial charge is 0.361 e. The number of benzene rings is 2. The molecule has 0 aliphatic heterocycles. The monoisotopic (exact) mass is 423 g/mol. The minimum Gasteiger partial charge on any atom is -0.361 e. The Labute approximate surface area is 182 Å². The summed E-state index contributed by atoms with van der Waals surface area (Å²) in [5.41, 5.74) is 3.86. The summed E-state index contributed by atoms with van der Waals surface area (Å²) in [7, 11) is 0. The molecular weight excluding hydrogens is 393 g/mol. The Balaban J connectivity index is 1.54. The smallest absolute Gasteiger partial charge is 0.224 e. The van der Waals surface area contributed by atoms with Crippen LogP contribution in [0.4, 0.5) is 10.1 Å². The van der Waals surface area contributed by atoms with E-state index in [0.29, 0.717) is 19.5 Å². The molecular formula is C24H30FN5O. The average Bonchev–Trinajstić information content (AvgIpc) is 3.15. The quantitative estimate of drug-likeness (QED) is 0.305. The fourth-order valence-electron chi connectivity index (χ4n) is 3.33. The number of rotatable bonds is 9. The summed E-state index contributed by atoms with van der Waals surface area (Å²) in [5.74, 6) is 0.533. The molecule has 164 valence electrons. The number of guanidine groups is 1. The lowest BCUT2D eigenvalue weighted by Crippen LogP contribution is -2.38. The Morgan fingerprint density at radius 1 is 1.10 bits per heavy atom. The number of fused-ring (bicyclic) bond motifs is 1. The average molecular weight is 424 g/mol. The molecule has 2 aromatic carbocycles. The topological polar surface area (TPSA) is 81.3 Å².